The van der Waals surface area contributed by atoms with Gasteiger partial charge < -0.3 is 9.30 Å². The topological polar surface area (TPSA) is 30.3 Å². The van der Waals surface area contributed by atoms with Crippen molar-refractivity contribution in [3.63, 3.8) is 0 Å². The lowest BCUT2D eigenvalue weighted by Gasteiger charge is -2.28. The minimum atomic E-state index is -0.804. The second-order valence-corrected chi connectivity index (χ2v) is 7.72. The maximum Gasteiger partial charge on any atom is 0.159 e. The monoisotopic (exact) mass is 409 g/mol. The van der Waals surface area contributed by atoms with Crippen molar-refractivity contribution < 1.29 is 13.5 Å². The molecule has 0 aliphatic carbocycles. The van der Waals surface area contributed by atoms with Gasteiger partial charge in [-0.1, -0.05) is 23.8 Å². The molecule has 4 nitrogen and oxygen atoms in total. The Balaban J connectivity index is 1.50. The van der Waals surface area contributed by atoms with Gasteiger partial charge in [-0.25, -0.2) is 13.8 Å². The van der Waals surface area contributed by atoms with E-state index in [0.29, 0.717) is 6.54 Å². The minimum absolute atomic E-state index is 0.608. The van der Waals surface area contributed by atoms with Crippen LogP contribution in [0.25, 0.3) is 11.8 Å². The summed E-state index contributed by atoms with van der Waals surface area (Å²) in [6.45, 7) is 4.32. The molecule has 1 fully saturated rings. The van der Waals surface area contributed by atoms with Gasteiger partial charge in [0.25, 0.3) is 0 Å². The van der Waals surface area contributed by atoms with Crippen LogP contribution in [-0.2, 0) is 6.54 Å². The van der Waals surface area contributed by atoms with Gasteiger partial charge in [-0.2, -0.15) is 0 Å². The molecule has 0 radical (unpaired) electrons. The Bertz CT molecular complexity index is 1070. The molecule has 1 aromatic heterocycles. The van der Waals surface area contributed by atoms with Crippen LogP contribution in [0, 0.1) is 18.6 Å². The first kappa shape index (κ1) is 20.3. The lowest BCUT2D eigenvalue weighted by Crippen LogP contribution is -2.30. The van der Waals surface area contributed by atoms with E-state index in [2.05, 4.69) is 22.0 Å². The second-order valence-electron chi connectivity index (χ2n) is 7.72. The summed E-state index contributed by atoms with van der Waals surface area (Å²) in [5.74, 6) is -0.807. The zero-order valence-corrected chi connectivity index (χ0v) is 17.2. The largest absolute Gasteiger partial charge is 0.495 e. The molecule has 0 amide bonds. The highest BCUT2D eigenvalue weighted by atomic mass is 19.2. The molecule has 1 aliphatic heterocycles. The van der Waals surface area contributed by atoms with E-state index in [-0.39, 0.29) is 0 Å². The molecule has 2 aromatic carbocycles. The van der Waals surface area contributed by atoms with Gasteiger partial charge in [0.15, 0.2) is 11.6 Å². The Kier molecular flexibility index (Phi) is 5.95. The average molecular weight is 409 g/mol. The highest BCUT2D eigenvalue weighted by Gasteiger charge is 2.16. The van der Waals surface area contributed by atoms with E-state index in [1.54, 1.807) is 19.5 Å². The summed E-state index contributed by atoms with van der Waals surface area (Å²) < 4.78 is 34.2. The number of methoxy groups -OCH3 is 1. The highest BCUT2D eigenvalue weighted by molar-refractivity contribution is 5.60. The molecular formula is C24H25F2N3O. The van der Waals surface area contributed by atoms with E-state index >= 15 is 0 Å². The molecule has 0 spiro atoms. The number of hydrogen-bond donors (Lipinski definition) is 0. The van der Waals surface area contributed by atoms with E-state index in [1.165, 1.54) is 17.7 Å². The van der Waals surface area contributed by atoms with Crippen LogP contribution in [0.5, 0.6) is 5.75 Å². The van der Waals surface area contributed by atoms with Crippen LogP contribution in [0.4, 0.5) is 8.78 Å². The third-order valence-corrected chi connectivity index (χ3v) is 5.35. The number of hydrogen-bond acceptors (Lipinski definition) is 3. The zero-order chi connectivity index (χ0) is 21.1. The van der Waals surface area contributed by atoms with Gasteiger partial charge in [0.1, 0.15) is 5.75 Å². The number of likely N-dealkylation sites (tertiary alicyclic amines) is 1. The number of aromatic nitrogens is 2. The molecular weight excluding hydrogens is 384 g/mol. The van der Waals surface area contributed by atoms with Crippen molar-refractivity contribution >= 4 is 6.08 Å². The number of piperidine rings is 1. The molecule has 0 saturated carbocycles. The Morgan fingerprint density at radius 2 is 2.00 bits per heavy atom. The SMILES string of the molecule is COc1cc(/C=C2\CCCN(Cc3ccc(F)c(F)c3)C2)ccc1-n1cnc(C)c1. The van der Waals surface area contributed by atoms with Crippen molar-refractivity contribution in [1.82, 2.24) is 14.5 Å². The van der Waals surface area contributed by atoms with E-state index in [4.69, 9.17) is 4.74 Å². The first-order valence-corrected chi connectivity index (χ1v) is 10.1. The molecule has 0 bridgehead atoms. The molecule has 1 saturated heterocycles. The first-order valence-electron chi connectivity index (χ1n) is 10.1. The van der Waals surface area contributed by atoms with Gasteiger partial charge in [0.2, 0.25) is 0 Å². The predicted molar refractivity (Wildman–Crippen MR) is 114 cm³/mol. The summed E-state index contributed by atoms with van der Waals surface area (Å²) in [5, 5.41) is 0. The summed E-state index contributed by atoms with van der Waals surface area (Å²) in [7, 11) is 1.67. The van der Waals surface area contributed by atoms with Gasteiger partial charge >= 0.3 is 0 Å². The first-order chi connectivity index (χ1) is 14.5. The average Bonchev–Trinajstić information content (AvgIpc) is 3.17. The van der Waals surface area contributed by atoms with Gasteiger partial charge in [0, 0.05) is 19.3 Å². The van der Waals surface area contributed by atoms with Crippen LogP contribution in [0.2, 0.25) is 0 Å². The van der Waals surface area contributed by atoms with E-state index in [0.717, 1.165) is 54.2 Å². The standard InChI is InChI=1S/C24H25F2N3O/c1-17-13-29(16-27-17)23-8-6-18(12-24(23)30-2)10-19-4-3-9-28(14-19)15-20-5-7-21(25)22(26)11-20/h5-8,10-13,16H,3-4,9,14-15H2,1-2H3/b19-10+. The van der Waals surface area contributed by atoms with E-state index in [1.807, 2.05) is 29.8 Å². The minimum Gasteiger partial charge on any atom is -0.495 e. The molecule has 156 valence electrons. The van der Waals surface area contributed by atoms with Crippen LogP contribution >= 0.6 is 0 Å². The number of nitrogens with zero attached hydrogens (tertiary/aromatic N) is 3. The second kappa shape index (κ2) is 8.79. The van der Waals surface area contributed by atoms with Crippen LogP contribution in [0.1, 0.15) is 29.7 Å². The number of imidazole rings is 1. The maximum absolute atomic E-state index is 13.5. The third-order valence-electron chi connectivity index (χ3n) is 5.35. The fourth-order valence-corrected chi connectivity index (χ4v) is 3.91. The molecule has 0 unspecified atom stereocenters. The molecule has 2 heterocycles. The maximum atomic E-state index is 13.5. The van der Waals surface area contributed by atoms with Crippen molar-refractivity contribution in [1.29, 1.82) is 0 Å². The van der Waals surface area contributed by atoms with Crippen molar-refractivity contribution in [2.24, 2.45) is 0 Å². The van der Waals surface area contributed by atoms with Crippen LogP contribution in [0.15, 0.2) is 54.5 Å². The normalized spacial score (nSPS) is 16.2. The molecule has 4 rings (SSSR count). The van der Waals surface area contributed by atoms with Gasteiger partial charge in [0.05, 0.1) is 24.8 Å². The quantitative estimate of drug-likeness (QED) is 0.584. The number of aryl methyl sites for hydroxylation is 1. The zero-order valence-electron chi connectivity index (χ0n) is 17.2. The van der Waals surface area contributed by atoms with E-state index < -0.39 is 11.6 Å². The summed E-state index contributed by atoms with van der Waals surface area (Å²) in [6.07, 6.45) is 8.01. The molecule has 1 aliphatic rings. The van der Waals surface area contributed by atoms with Crippen molar-refractivity contribution in [3.8, 4) is 11.4 Å². The molecule has 3 aromatic rings. The molecule has 0 atom stereocenters. The smallest absolute Gasteiger partial charge is 0.159 e. The Labute approximate surface area is 175 Å². The van der Waals surface area contributed by atoms with Crippen LogP contribution in [-0.4, -0.2) is 34.7 Å². The highest BCUT2D eigenvalue weighted by Crippen LogP contribution is 2.27. The van der Waals surface area contributed by atoms with Crippen molar-refractivity contribution in [2.75, 3.05) is 20.2 Å². The Morgan fingerprint density at radius 3 is 2.73 bits per heavy atom. The van der Waals surface area contributed by atoms with E-state index in [9.17, 15) is 8.78 Å². The fraction of sp³-hybridized carbons (Fsp3) is 0.292. The van der Waals surface area contributed by atoms with Crippen molar-refractivity contribution in [2.45, 2.75) is 26.3 Å². The summed E-state index contributed by atoms with van der Waals surface area (Å²) in [4.78, 5) is 6.55. The third kappa shape index (κ3) is 4.60. The Morgan fingerprint density at radius 1 is 1.13 bits per heavy atom. The van der Waals surface area contributed by atoms with Gasteiger partial charge in [-0.05, 0) is 61.7 Å². The summed E-state index contributed by atoms with van der Waals surface area (Å²) >= 11 is 0. The fourth-order valence-electron chi connectivity index (χ4n) is 3.91. The number of halogens is 2. The molecule has 30 heavy (non-hydrogen) atoms. The summed E-state index contributed by atoms with van der Waals surface area (Å²) in [5.41, 5.74) is 5.08. The molecule has 0 N–H and O–H groups in total. The molecule has 6 heteroatoms. The van der Waals surface area contributed by atoms with Crippen molar-refractivity contribution in [3.05, 3.63) is 83.0 Å². The Hall–Kier alpha value is -2.99. The summed E-state index contributed by atoms with van der Waals surface area (Å²) in [6, 6.07) is 10.3. The van der Waals surface area contributed by atoms with Gasteiger partial charge in [-0.3, -0.25) is 4.90 Å². The number of ether oxygens (including phenoxy) is 1. The predicted octanol–water partition coefficient (Wildman–Crippen LogP) is 5.15. The number of benzene rings is 2. The van der Waals surface area contributed by atoms with Crippen LogP contribution < -0.4 is 4.74 Å². The lowest BCUT2D eigenvalue weighted by atomic mass is 10.0. The number of rotatable bonds is 5. The van der Waals surface area contributed by atoms with Gasteiger partial charge in [-0.15, -0.1) is 0 Å². The lowest BCUT2D eigenvalue weighted by molar-refractivity contribution is 0.258. The van der Waals surface area contributed by atoms with Crippen LogP contribution in [0.3, 0.4) is 0 Å².